The van der Waals surface area contributed by atoms with Gasteiger partial charge in [0.25, 0.3) is 5.91 Å². The average molecular weight is 334 g/mol. The number of aliphatic hydroxyl groups is 1. The minimum atomic E-state index is -4.92. The fourth-order valence-electron chi connectivity index (χ4n) is 1.92. The summed E-state index contributed by atoms with van der Waals surface area (Å²) in [5.41, 5.74) is -1.58. The number of nitrogens with one attached hydrogen (secondary N) is 1. The molecule has 120 valence electrons. The molecule has 22 heavy (non-hydrogen) atoms. The van der Waals surface area contributed by atoms with Gasteiger partial charge in [0.05, 0.1) is 5.51 Å². The van der Waals surface area contributed by atoms with Gasteiger partial charge in [-0.1, -0.05) is 0 Å². The van der Waals surface area contributed by atoms with Crippen LogP contribution in [0.3, 0.4) is 0 Å². The van der Waals surface area contributed by atoms with Gasteiger partial charge in [-0.2, -0.15) is 13.2 Å². The summed E-state index contributed by atoms with van der Waals surface area (Å²) < 4.78 is 40.7. The summed E-state index contributed by atoms with van der Waals surface area (Å²) in [6.45, 7) is -0.376. The Hall–Kier alpha value is -1.94. The van der Waals surface area contributed by atoms with Crippen LogP contribution >= 0.6 is 11.3 Å². The maximum atomic E-state index is 13.2. The predicted octanol–water partition coefficient (Wildman–Crippen LogP) is 1.45. The molecule has 2 aromatic rings. The van der Waals surface area contributed by atoms with Gasteiger partial charge in [-0.05, 0) is 0 Å². The molecule has 2 rings (SSSR count). The van der Waals surface area contributed by atoms with Crippen molar-refractivity contribution in [2.75, 3.05) is 6.54 Å². The number of hydrogen-bond donors (Lipinski definition) is 2. The second-order valence-electron chi connectivity index (χ2n) is 4.60. The molecule has 0 saturated heterocycles. The summed E-state index contributed by atoms with van der Waals surface area (Å²) in [7, 11) is 1.35. The fraction of sp³-hybridized carbons (Fsp3) is 0.417. The van der Waals surface area contributed by atoms with Gasteiger partial charge in [0, 0.05) is 37.8 Å². The van der Waals surface area contributed by atoms with Crippen LogP contribution in [0.4, 0.5) is 13.2 Å². The van der Waals surface area contributed by atoms with Crippen molar-refractivity contribution >= 4 is 17.2 Å². The Morgan fingerprint density at radius 2 is 2.18 bits per heavy atom. The fourth-order valence-corrected chi connectivity index (χ4v) is 2.45. The molecule has 6 nitrogen and oxygen atoms in total. The van der Waals surface area contributed by atoms with E-state index in [1.807, 2.05) is 0 Å². The molecule has 0 spiro atoms. The van der Waals surface area contributed by atoms with Gasteiger partial charge in [-0.15, -0.1) is 11.3 Å². The van der Waals surface area contributed by atoms with E-state index in [2.05, 4.69) is 15.3 Å². The monoisotopic (exact) mass is 334 g/mol. The third-order valence-corrected chi connectivity index (χ3v) is 3.68. The molecule has 0 aromatic carbocycles. The van der Waals surface area contributed by atoms with Gasteiger partial charge in [-0.25, -0.2) is 9.97 Å². The molecule has 0 saturated carbocycles. The number of aryl methyl sites for hydroxylation is 1. The summed E-state index contributed by atoms with van der Waals surface area (Å²) in [4.78, 5) is 19.0. The van der Waals surface area contributed by atoms with Crippen LogP contribution in [0.15, 0.2) is 23.3 Å². The first-order chi connectivity index (χ1) is 10.3. The molecule has 1 amide bonds. The third kappa shape index (κ3) is 3.12. The molecule has 10 heteroatoms. The number of thiazole rings is 1. The molecule has 0 fully saturated rings. The van der Waals surface area contributed by atoms with Gasteiger partial charge in [0.2, 0.25) is 5.60 Å². The molecule has 0 bridgehead atoms. The van der Waals surface area contributed by atoms with E-state index in [9.17, 15) is 23.1 Å². The Kier molecular flexibility index (Phi) is 4.52. The van der Waals surface area contributed by atoms with E-state index in [-0.39, 0.29) is 12.2 Å². The van der Waals surface area contributed by atoms with Crippen LogP contribution in [-0.2, 0) is 12.6 Å². The van der Waals surface area contributed by atoms with Crippen molar-refractivity contribution in [1.82, 2.24) is 19.9 Å². The highest BCUT2D eigenvalue weighted by molar-refractivity contribution is 7.07. The Balaban J connectivity index is 2.09. The Morgan fingerprint density at radius 3 is 2.68 bits per heavy atom. The smallest absolute Gasteiger partial charge is 0.374 e. The molecular formula is C12H13F3N4O2S. The summed E-state index contributed by atoms with van der Waals surface area (Å²) in [5.74, 6) is -1.12. The standard InChI is InChI=1S/C12H13F3N4O2S/c1-19-5-4-17-10(19)11(21,12(13,14)15)2-3-16-9(20)8-6-22-7-18-8/h4-7,21H,2-3H2,1H3,(H,16,20). The highest BCUT2D eigenvalue weighted by atomic mass is 32.1. The number of imidazole rings is 1. The number of alkyl halides is 3. The van der Waals surface area contributed by atoms with Crippen LogP contribution in [0, 0.1) is 0 Å². The summed E-state index contributed by atoms with van der Waals surface area (Å²) >= 11 is 1.20. The van der Waals surface area contributed by atoms with Crippen molar-refractivity contribution in [3.05, 3.63) is 34.8 Å². The van der Waals surface area contributed by atoms with E-state index in [1.165, 1.54) is 41.7 Å². The molecule has 2 aromatic heterocycles. The van der Waals surface area contributed by atoms with E-state index >= 15 is 0 Å². The second-order valence-corrected chi connectivity index (χ2v) is 5.32. The van der Waals surface area contributed by atoms with Crippen molar-refractivity contribution in [2.24, 2.45) is 7.05 Å². The van der Waals surface area contributed by atoms with Crippen LogP contribution in [0.5, 0.6) is 0 Å². The number of hydrogen-bond acceptors (Lipinski definition) is 5. The highest BCUT2D eigenvalue weighted by Gasteiger charge is 2.57. The molecular weight excluding hydrogens is 321 g/mol. The SMILES string of the molecule is Cn1ccnc1C(O)(CCNC(=O)c1cscn1)C(F)(F)F. The lowest BCUT2D eigenvalue weighted by Gasteiger charge is -2.29. The minimum absolute atomic E-state index is 0.123. The van der Waals surface area contributed by atoms with Gasteiger partial charge >= 0.3 is 6.18 Å². The van der Waals surface area contributed by atoms with Crippen molar-refractivity contribution < 1.29 is 23.1 Å². The maximum Gasteiger partial charge on any atom is 0.424 e. The number of nitrogens with zero attached hydrogens (tertiary/aromatic N) is 3. The van der Waals surface area contributed by atoms with Crippen LogP contribution in [0.2, 0.25) is 0 Å². The van der Waals surface area contributed by atoms with E-state index < -0.39 is 29.9 Å². The Labute approximate surface area is 127 Å². The Morgan fingerprint density at radius 1 is 1.45 bits per heavy atom. The van der Waals surface area contributed by atoms with Crippen LogP contribution in [0.1, 0.15) is 22.7 Å². The summed E-state index contributed by atoms with van der Waals surface area (Å²) in [6.07, 6.45) is -3.20. The predicted molar refractivity (Wildman–Crippen MR) is 72.2 cm³/mol. The number of aromatic nitrogens is 3. The van der Waals surface area contributed by atoms with Crippen LogP contribution in [-0.4, -0.2) is 38.3 Å². The number of amides is 1. The highest BCUT2D eigenvalue weighted by Crippen LogP contribution is 2.40. The van der Waals surface area contributed by atoms with Crippen molar-refractivity contribution in [3.8, 4) is 0 Å². The van der Waals surface area contributed by atoms with Gasteiger partial charge < -0.3 is 15.0 Å². The maximum absolute atomic E-state index is 13.2. The molecule has 2 heterocycles. The number of carbonyl (C=O) groups excluding carboxylic acids is 1. The van der Waals surface area contributed by atoms with Crippen molar-refractivity contribution in [3.63, 3.8) is 0 Å². The van der Waals surface area contributed by atoms with E-state index in [0.29, 0.717) is 0 Å². The number of rotatable bonds is 5. The Bertz CT molecular complexity index is 641. The quantitative estimate of drug-likeness (QED) is 0.867. The molecule has 0 radical (unpaired) electrons. The zero-order chi connectivity index (χ0) is 16.4. The number of carbonyl (C=O) groups is 1. The largest absolute Gasteiger partial charge is 0.424 e. The van der Waals surface area contributed by atoms with E-state index in [0.717, 1.165) is 4.57 Å². The first kappa shape index (κ1) is 16.4. The zero-order valence-electron chi connectivity index (χ0n) is 11.5. The molecule has 0 aliphatic rings. The number of halogens is 3. The first-order valence-electron chi connectivity index (χ1n) is 6.19. The van der Waals surface area contributed by atoms with E-state index in [4.69, 9.17) is 0 Å². The molecule has 2 N–H and O–H groups in total. The van der Waals surface area contributed by atoms with E-state index in [1.54, 1.807) is 0 Å². The van der Waals surface area contributed by atoms with Crippen LogP contribution < -0.4 is 5.32 Å². The minimum Gasteiger partial charge on any atom is -0.374 e. The molecule has 0 aliphatic heterocycles. The summed E-state index contributed by atoms with van der Waals surface area (Å²) in [6, 6.07) is 0. The second kappa shape index (κ2) is 6.05. The average Bonchev–Trinajstić information content (AvgIpc) is 3.07. The lowest BCUT2D eigenvalue weighted by molar-refractivity contribution is -0.272. The normalized spacial score (nSPS) is 14.6. The zero-order valence-corrected chi connectivity index (χ0v) is 12.3. The van der Waals surface area contributed by atoms with Crippen molar-refractivity contribution in [1.29, 1.82) is 0 Å². The van der Waals surface area contributed by atoms with Gasteiger partial charge in [0.1, 0.15) is 11.5 Å². The first-order valence-corrected chi connectivity index (χ1v) is 7.13. The molecule has 0 aliphatic carbocycles. The topological polar surface area (TPSA) is 80.0 Å². The molecule has 1 unspecified atom stereocenters. The van der Waals surface area contributed by atoms with Gasteiger partial charge in [-0.3, -0.25) is 4.79 Å². The lowest BCUT2D eigenvalue weighted by atomic mass is 9.97. The van der Waals surface area contributed by atoms with Crippen LogP contribution in [0.25, 0.3) is 0 Å². The lowest BCUT2D eigenvalue weighted by Crippen LogP contribution is -2.46. The van der Waals surface area contributed by atoms with Crippen molar-refractivity contribution in [2.45, 2.75) is 18.2 Å². The van der Waals surface area contributed by atoms with Gasteiger partial charge in [0.15, 0.2) is 0 Å². The summed E-state index contributed by atoms with van der Waals surface area (Å²) in [5, 5.41) is 13.8. The molecule has 1 atom stereocenters. The third-order valence-electron chi connectivity index (χ3n) is 3.10.